The van der Waals surface area contributed by atoms with Crippen molar-refractivity contribution in [2.75, 3.05) is 6.54 Å². The van der Waals surface area contributed by atoms with E-state index in [0.29, 0.717) is 5.56 Å². The van der Waals surface area contributed by atoms with Gasteiger partial charge < -0.3 is 15.1 Å². The van der Waals surface area contributed by atoms with Crippen molar-refractivity contribution in [3.63, 3.8) is 0 Å². The van der Waals surface area contributed by atoms with E-state index in [1.165, 1.54) is 4.90 Å². The van der Waals surface area contributed by atoms with E-state index in [4.69, 9.17) is 0 Å². The topological polar surface area (TPSA) is 77.8 Å². The maximum atomic E-state index is 12.9. The Bertz CT molecular complexity index is 979. The number of carbonyl (C=O) groups is 2. The Balaban J connectivity index is 2.16. The molecule has 2 N–H and O–H groups in total. The predicted molar refractivity (Wildman–Crippen MR) is 117 cm³/mol. The van der Waals surface area contributed by atoms with Gasteiger partial charge >= 0.3 is 0 Å². The second-order valence-corrected chi connectivity index (χ2v) is 9.04. The van der Waals surface area contributed by atoms with Gasteiger partial charge in [-0.15, -0.1) is 0 Å². The number of benzene rings is 2. The van der Waals surface area contributed by atoms with Gasteiger partial charge in [-0.2, -0.15) is 0 Å². The number of nitrogens with zero attached hydrogens (tertiary/aromatic N) is 1. The number of aliphatic hydroxyl groups is 2. The number of carbonyl (C=O) groups excluding carboxylic acids is 2. The Labute approximate surface area is 177 Å². The molecule has 1 amide bonds. The maximum Gasteiger partial charge on any atom is 0.295 e. The summed E-state index contributed by atoms with van der Waals surface area (Å²) in [7, 11) is 0. The molecule has 2 aromatic rings. The normalized spacial score (nSPS) is 19.9. The zero-order valence-corrected chi connectivity index (χ0v) is 18.1. The highest BCUT2D eigenvalue weighted by atomic mass is 16.3. The van der Waals surface area contributed by atoms with Gasteiger partial charge in [-0.05, 0) is 30.4 Å². The molecule has 1 aliphatic heterocycles. The number of rotatable bonds is 4. The molecule has 1 fully saturated rings. The minimum atomic E-state index is -0.807. The predicted octanol–water partition coefficient (Wildman–Crippen LogP) is 4.10. The molecule has 5 heteroatoms. The quantitative estimate of drug-likeness (QED) is 0.455. The van der Waals surface area contributed by atoms with E-state index in [-0.39, 0.29) is 23.3 Å². The first-order valence-electron chi connectivity index (χ1n) is 10.1. The molecule has 1 heterocycles. The molecule has 0 radical (unpaired) electrons. The lowest BCUT2D eigenvalue weighted by Gasteiger charge is -2.27. The first kappa shape index (κ1) is 21.8. The molecule has 2 atom stereocenters. The number of aliphatic hydroxyl groups excluding tert-OH is 2. The number of amides is 1. The van der Waals surface area contributed by atoms with E-state index < -0.39 is 23.8 Å². The molecular formula is C25H29NO4. The Morgan fingerprint density at radius 3 is 2.10 bits per heavy atom. The molecule has 0 saturated carbocycles. The lowest BCUT2D eigenvalue weighted by molar-refractivity contribution is -0.140. The molecule has 3 rings (SSSR count). The number of ketones is 1. The van der Waals surface area contributed by atoms with Crippen molar-refractivity contribution in [2.24, 2.45) is 0 Å². The zero-order valence-electron chi connectivity index (χ0n) is 18.1. The third-order valence-electron chi connectivity index (χ3n) is 5.42. The fourth-order valence-electron chi connectivity index (χ4n) is 3.73. The lowest BCUT2D eigenvalue weighted by Crippen LogP contribution is -2.35. The highest BCUT2D eigenvalue weighted by Crippen LogP contribution is 2.40. The fourth-order valence-corrected chi connectivity index (χ4v) is 3.73. The van der Waals surface area contributed by atoms with Gasteiger partial charge in [0.05, 0.1) is 17.7 Å². The standard InChI is InChI=1S/C25H29NO4/c1-15-6-8-18(9-7-15)22(28)20-21(26(14-16(2)27)24(30)23(20)29)17-10-12-19(13-11-17)25(3,4)5/h6-13,16,21,27-28H,14H2,1-5H3/t16-,21+/m0/s1. The summed E-state index contributed by atoms with van der Waals surface area (Å²) in [6.45, 7) is 9.83. The minimum absolute atomic E-state index is 0.000933. The fraction of sp³-hybridized carbons (Fsp3) is 0.360. The third kappa shape index (κ3) is 4.17. The van der Waals surface area contributed by atoms with Gasteiger partial charge in [-0.3, -0.25) is 9.59 Å². The Morgan fingerprint density at radius 2 is 1.60 bits per heavy atom. The van der Waals surface area contributed by atoms with E-state index in [2.05, 4.69) is 20.8 Å². The van der Waals surface area contributed by atoms with Gasteiger partial charge in [0, 0.05) is 12.1 Å². The summed E-state index contributed by atoms with van der Waals surface area (Å²) in [5.74, 6) is -1.65. The molecule has 1 saturated heterocycles. The molecule has 0 spiro atoms. The van der Waals surface area contributed by atoms with Crippen LogP contribution in [0.3, 0.4) is 0 Å². The molecule has 0 aromatic heterocycles. The van der Waals surface area contributed by atoms with Gasteiger partial charge in [0.2, 0.25) is 0 Å². The van der Waals surface area contributed by atoms with Crippen molar-refractivity contribution in [3.8, 4) is 0 Å². The molecular weight excluding hydrogens is 378 g/mol. The molecule has 30 heavy (non-hydrogen) atoms. The number of aryl methyl sites for hydroxylation is 1. The van der Waals surface area contributed by atoms with Gasteiger partial charge in [-0.1, -0.05) is 74.9 Å². The molecule has 0 aliphatic carbocycles. The third-order valence-corrected chi connectivity index (χ3v) is 5.42. The largest absolute Gasteiger partial charge is 0.507 e. The number of hydrogen-bond donors (Lipinski definition) is 2. The number of hydrogen-bond acceptors (Lipinski definition) is 4. The second kappa shape index (κ2) is 8.07. The van der Waals surface area contributed by atoms with E-state index in [0.717, 1.165) is 16.7 Å². The summed E-state index contributed by atoms with van der Waals surface area (Å²) in [6, 6.07) is 14.1. The first-order chi connectivity index (χ1) is 14.0. The smallest absolute Gasteiger partial charge is 0.295 e. The molecule has 0 unspecified atom stereocenters. The Hall–Kier alpha value is -2.92. The monoisotopic (exact) mass is 407 g/mol. The van der Waals surface area contributed by atoms with Crippen molar-refractivity contribution in [1.29, 1.82) is 0 Å². The highest BCUT2D eigenvalue weighted by Gasteiger charge is 2.46. The second-order valence-electron chi connectivity index (χ2n) is 9.04. The summed E-state index contributed by atoms with van der Waals surface area (Å²) < 4.78 is 0. The average molecular weight is 408 g/mol. The SMILES string of the molecule is Cc1ccc(C(O)=C2C(=O)C(=O)N(C[C@H](C)O)[C@@H]2c2ccc(C(C)(C)C)cc2)cc1. The minimum Gasteiger partial charge on any atom is -0.507 e. The van der Waals surface area contributed by atoms with Crippen LogP contribution in [0.2, 0.25) is 0 Å². The van der Waals surface area contributed by atoms with Crippen molar-refractivity contribution >= 4 is 17.4 Å². The van der Waals surface area contributed by atoms with E-state index >= 15 is 0 Å². The van der Waals surface area contributed by atoms with Crippen molar-refractivity contribution < 1.29 is 19.8 Å². The van der Waals surface area contributed by atoms with Crippen LogP contribution in [0.4, 0.5) is 0 Å². The summed E-state index contributed by atoms with van der Waals surface area (Å²) in [5, 5.41) is 20.9. The van der Waals surface area contributed by atoms with Crippen LogP contribution < -0.4 is 0 Å². The van der Waals surface area contributed by atoms with Crippen LogP contribution in [-0.2, 0) is 15.0 Å². The molecule has 158 valence electrons. The van der Waals surface area contributed by atoms with Crippen LogP contribution in [0.5, 0.6) is 0 Å². The van der Waals surface area contributed by atoms with Gasteiger partial charge in [0.15, 0.2) is 0 Å². The van der Waals surface area contributed by atoms with Crippen molar-refractivity contribution in [2.45, 2.75) is 52.2 Å². The van der Waals surface area contributed by atoms with Crippen LogP contribution >= 0.6 is 0 Å². The van der Waals surface area contributed by atoms with Gasteiger partial charge in [-0.25, -0.2) is 0 Å². The number of β-amino-alcohol motifs (C(OH)–C–C–N with tert-alkyl or cyclic N) is 1. The van der Waals surface area contributed by atoms with E-state index in [9.17, 15) is 19.8 Å². The summed E-state index contributed by atoms with van der Waals surface area (Å²) in [5.41, 5.74) is 3.35. The van der Waals surface area contributed by atoms with Crippen molar-refractivity contribution in [3.05, 3.63) is 76.4 Å². The first-order valence-corrected chi connectivity index (χ1v) is 10.1. The van der Waals surface area contributed by atoms with E-state index in [1.807, 2.05) is 43.3 Å². The molecule has 0 bridgehead atoms. The zero-order chi connectivity index (χ0) is 22.2. The summed E-state index contributed by atoms with van der Waals surface area (Å²) in [6.07, 6.45) is -0.807. The average Bonchev–Trinajstić information content (AvgIpc) is 2.92. The molecule has 5 nitrogen and oxygen atoms in total. The molecule has 2 aromatic carbocycles. The van der Waals surface area contributed by atoms with Crippen LogP contribution in [0.1, 0.15) is 56.0 Å². The van der Waals surface area contributed by atoms with Crippen LogP contribution in [-0.4, -0.2) is 39.5 Å². The molecule has 1 aliphatic rings. The number of Topliss-reactive ketones (excluding diaryl/α,β-unsaturated/α-hetero) is 1. The van der Waals surface area contributed by atoms with E-state index in [1.54, 1.807) is 19.1 Å². The summed E-state index contributed by atoms with van der Waals surface area (Å²) in [4.78, 5) is 27.0. The van der Waals surface area contributed by atoms with Crippen molar-refractivity contribution in [1.82, 2.24) is 4.90 Å². The summed E-state index contributed by atoms with van der Waals surface area (Å²) >= 11 is 0. The van der Waals surface area contributed by atoms with Gasteiger partial charge in [0.1, 0.15) is 5.76 Å². The van der Waals surface area contributed by atoms with Gasteiger partial charge in [0.25, 0.3) is 11.7 Å². The Morgan fingerprint density at radius 1 is 1.03 bits per heavy atom. The van der Waals surface area contributed by atoms with Crippen LogP contribution in [0, 0.1) is 6.92 Å². The number of likely N-dealkylation sites (tertiary alicyclic amines) is 1. The lowest BCUT2D eigenvalue weighted by atomic mass is 9.85. The highest BCUT2D eigenvalue weighted by molar-refractivity contribution is 6.46. The van der Waals surface area contributed by atoms with Crippen LogP contribution in [0.15, 0.2) is 54.1 Å². The maximum absolute atomic E-state index is 12.9. The van der Waals surface area contributed by atoms with Crippen LogP contribution in [0.25, 0.3) is 5.76 Å². The Kier molecular flexibility index (Phi) is 5.86.